The zero-order chi connectivity index (χ0) is 12.0. The minimum atomic E-state index is 0.411. The Morgan fingerprint density at radius 2 is 2.31 bits per heavy atom. The quantitative estimate of drug-likeness (QED) is 0.730. The third kappa shape index (κ3) is 3.42. The molecule has 3 atom stereocenters. The van der Waals surface area contributed by atoms with Crippen LogP contribution in [0.15, 0.2) is 0 Å². The Bertz CT molecular complexity index is 190. The van der Waals surface area contributed by atoms with Crippen molar-refractivity contribution in [3.8, 4) is 0 Å². The summed E-state index contributed by atoms with van der Waals surface area (Å²) in [5.41, 5.74) is 5.91. The summed E-state index contributed by atoms with van der Waals surface area (Å²) >= 11 is 0. The topological polar surface area (TPSA) is 47.7 Å². The van der Waals surface area contributed by atoms with Gasteiger partial charge in [-0.1, -0.05) is 13.8 Å². The lowest BCUT2D eigenvalue weighted by Gasteiger charge is -2.42. The number of nitrogens with zero attached hydrogens (tertiary/aromatic N) is 1. The molecule has 96 valence electrons. The molecule has 1 aliphatic rings. The maximum atomic E-state index is 5.91. The van der Waals surface area contributed by atoms with Gasteiger partial charge in [-0.25, -0.2) is 0 Å². The first kappa shape index (κ1) is 13.9. The van der Waals surface area contributed by atoms with Gasteiger partial charge < -0.3 is 15.2 Å². The standard InChI is InChI=1S/C12H26N2O2/c1-4-11-9-16-6-5-14(11)12(7-13)10(2)8-15-3/h10-12H,4-9,13H2,1-3H3. The van der Waals surface area contributed by atoms with Crippen molar-refractivity contribution in [2.45, 2.75) is 32.4 Å². The molecule has 0 amide bonds. The predicted octanol–water partition coefficient (Wildman–Crippen LogP) is 0.707. The molecule has 0 saturated carbocycles. The molecule has 0 aliphatic carbocycles. The van der Waals surface area contributed by atoms with Crippen molar-refractivity contribution in [3.63, 3.8) is 0 Å². The van der Waals surface area contributed by atoms with Crippen LogP contribution in [0.2, 0.25) is 0 Å². The van der Waals surface area contributed by atoms with Crippen molar-refractivity contribution in [3.05, 3.63) is 0 Å². The largest absolute Gasteiger partial charge is 0.384 e. The molecule has 0 radical (unpaired) electrons. The Morgan fingerprint density at radius 1 is 1.56 bits per heavy atom. The van der Waals surface area contributed by atoms with E-state index >= 15 is 0 Å². The van der Waals surface area contributed by atoms with Crippen molar-refractivity contribution in [1.29, 1.82) is 0 Å². The summed E-state index contributed by atoms with van der Waals surface area (Å²) in [4.78, 5) is 2.51. The van der Waals surface area contributed by atoms with Gasteiger partial charge in [-0.15, -0.1) is 0 Å². The highest BCUT2D eigenvalue weighted by Gasteiger charge is 2.30. The normalized spacial score (nSPS) is 26.6. The van der Waals surface area contributed by atoms with Crippen LogP contribution >= 0.6 is 0 Å². The monoisotopic (exact) mass is 230 g/mol. The molecule has 1 heterocycles. The molecule has 16 heavy (non-hydrogen) atoms. The van der Waals surface area contributed by atoms with E-state index in [1.165, 1.54) is 0 Å². The molecule has 1 rings (SSSR count). The van der Waals surface area contributed by atoms with Crippen LogP contribution in [0, 0.1) is 5.92 Å². The predicted molar refractivity (Wildman–Crippen MR) is 65.5 cm³/mol. The molecule has 1 saturated heterocycles. The lowest BCUT2D eigenvalue weighted by atomic mass is 9.98. The van der Waals surface area contributed by atoms with E-state index in [2.05, 4.69) is 18.7 Å². The van der Waals surface area contributed by atoms with Gasteiger partial charge >= 0.3 is 0 Å². The van der Waals surface area contributed by atoms with E-state index in [1.807, 2.05) is 0 Å². The zero-order valence-corrected chi connectivity index (χ0v) is 10.8. The minimum absolute atomic E-state index is 0.411. The first-order valence-electron chi connectivity index (χ1n) is 6.27. The number of nitrogens with two attached hydrogens (primary N) is 1. The molecule has 2 N–H and O–H groups in total. The third-order valence-electron chi connectivity index (χ3n) is 3.50. The van der Waals surface area contributed by atoms with Crippen LogP contribution < -0.4 is 5.73 Å². The van der Waals surface area contributed by atoms with Crippen molar-refractivity contribution in [2.24, 2.45) is 11.7 Å². The lowest BCUT2D eigenvalue weighted by Crippen LogP contribution is -2.55. The fourth-order valence-electron chi connectivity index (χ4n) is 2.53. The summed E-state index contributed by atoms with van der Waals surface area (Å²) in [5, 5.41) is 0. The fraction of sp³-hybridized carbons (Fsp3) is 1.00. The van der Waals surface area contributed by atoms with Crippen LogP contribution in [-0.4, -0.2) is 57.0 Å². The molecular weight excluding hydrogens is 204 g/mol. The summed E-state index contributed by atoms with van der Waals surface area (Å²) < 4.78 is 10.8. The van der Waals surface area contributed by atoms with Crippen LogP contribution in [-0.2, 0) is 9.47 Å². The van der Waals surface area contributed by atoms with E-state index in [0.29, 0.717) is 24.5 Å². The van der Waals surface area contributed by atoms with Gasteiger partial charge in [0.15, 0.2) is 0 Å². The Labute approximate surface area is 99.1 Å². The van der Waals surface area contributed by atoms with Crippen molar-refractivity contribution in [1.82, 2.24) is 4.90 Å². The first-order valence-corrected chi connectivity index (χ1v) is 6.27. The van der Waals surface area contributed by atoms with Gasteiger partial charge in [-0.2, -0.15) is 0 Å². The Balaban J connectivity index is 2.61. The Morgan fingerprint density at radius 3 is 2.88 bits per heavy atom. The summed E-state index contributed by atoms with van der Waals surface area (Å²) in [7, 11) is 1.75. The Kier molecular flexibility index (Phi) is 6.28. The van der Waals surface area contributed by atoms with E-state index in [1.54, 1.807) is 7.11 Å². The lowest BCUT2D eigenvalue weighted by molar-refractivity contribution is -0.0456. The first-order chi connectivity index (χ1) is 7.74. The molecule has 4 heteroatoms. The molecule has 0 aromatic heterocycles. The third-order valence-corrected chi connectivity index (χ3v) is 3.50. The molecule has 0 aromatic rings. The van der Waals surface area contributed by atoms with Crippen molar-refractivity contribution in [2.75, 3.05) is 40.0 Å². The molecule has 1 aliphatic heterocycles. The maximum absolute atomic E-state index is 5.91. The van der Waals surface area contributed by atoms with Gasteiger partial charge in [0, 0.05) is 32.3 Å². The molecule has 0 spiro atoms. The summed E-state index contributed by atoms with van der Waals surface area (Å²) in [5.74, 6) is 0.474. The summed E-state index contributed by atoms with van der Waals surface area (Å²) in [6.45, 7) is 8.55. The molecule has 4 nitrogen and oxygen atoms in total. The van der Waals surface area contributed by atoms with Gasteiger partial charge in [-0.3, -0.25) is 4.90 Å². The highest BCUT2D eigenvalue weighted by molar-refractivity contribution is 4.84. The van der Waals surface area contributed by atoms with Crippen molar-refractivity contribution >= 4 is 0 Å². The van der Waals surface area contributed by atoms with Crippen LogP contribution in [0.3, 0.4) is 0 Å². The van der Waals surface area contributed by atoms with E-state index < -0.39 is 0 Å². The number of hydrogen-bond donors (Lipinski definition) is 1. The van der Waals surface area contributed by atoms with E-state index in [9.17, 15) is 0 Å². The average molecular weight is 230 g/mol. The zero-order valence-electron chi connectivity index (χ0n) is 10.8. The fourth-order valence-corrected chi connectivity index (χ4v) is 2.53. The highest BCUT2D eigenvalue weighted by Crippen LogP contribution is 2.19. The second-order valence-electron chi connectivity index (χ2n) is 4.61. The van der Waals surface area contributed by atoms with E-state index in [-0.39, 0.29) is 0 Å². The average Bonchev–Trinajstić information content (AvgIpc) is 2.31. The molecule has 3 unspecified atom stereocenters. The maximum Gasteiger partial charge on any atom is 0.0622 e. The number of ether oxygens (including phenoxy) is 2. The van der Waals surface area contributed by atoms with Gasteiger partial charge in [-0.05, 0) is 12.3 Å². The number of methoxy groups -OCH3 is 1. The van der Waals surface area contributed by atoms with Gasteiger partial charge in [0.1, 0.15) is 0 Å². The highest BCUT2D eigenvalue weighted by atomic mass is 16.5. The molecular formula is C12H26N2O2. The number of hydrogen-bond acceptors (Lipinski definition) is 4. The SMILES string of the molecule is CCC1COCCN1C(CN)C(C)COC. The smallest absolute Gasteiger partial charge is 0.0622 e. The Hall–Kier alpha value is -0.160. The van der Waals surface area contributed by atoms with Crippen LogP contribution in [0.5, 0.6) is 0 Å². The number of morpholine rings is 1. The van der Waals surface area contributed by atoms with Gasteiger partial charge in [0.2, 0.25) is 0 Å². The van der Waals surface area contributed by atoms with Crippen molar-refractivity contribution < 1.29 is 9.47 Å². The number of rotatable bonds is 6. The second kappa shape index (κ2) is 7.22. The minimum Gasteiger partial charge on any atom is -0.384 e. The van der Waals surface area contributed by atoms with Crippen LogP contribution in [0.1, 0.15) is 20.3 Å². The molecule has 1 fully saturated rings. The van der Waals surface area contributed by atoms with Gasteiger partial charge in [0.25, 0.3) is 0 Å². The summed E-state index contributed by atoms with van der Waals surface area (Å²) in [6.07, 6.45) is 1.12. The van der Waals surface area contributed by atoms with E-state index in [4.69, 9.17) is 15.2 Å². The molecule has 0 bridgehead atoms. The van der Waals surface area contributed by atoms with Crippen LogP contribution in [0.25, 0.3) is 0 Å². The summed E-state index contributed by atoms with van der Waals surface area (Å²) in [6, 6.07) is 0.926. The second-order valence-corrected chi connectivity index (χ2v) is 4.61. The van der Waals surface area contributed by atoms with E-state index in [0.717, 1.165) is 32.8 Å². The van der Waals surface area contributed by atoms with Gasteiger partial charge in [0.05, 0.1) is 19.8 Å². The molecule has 0 aromatic carbocycles. The van der Waals surface area contributed by atoms with Crippen LogP contribution in [0.4, 0.5) is 0 Å².